The zero-order chi connectivity index (χ0) is 19.6. The van der Waals surface area contributed by atoms with Crippen molar-refractivity contribution in [1.29, 1.82) is 0 Å². The molecule has 0 radical (unpaired) electrons. The number of hydrogen-bond donors (Lipinski definition) is 0. The van der Waals surface area contributed by atoms with Crippen LogP contribution in [0.25, 0.3) is 5.57 Å². The first kappa shape index (κ1) is 24.7. The standard InChI is InChI=1S/C26H23O.2ClH.Ti/c1-19-17-20(2)24(18-19)23-15-9-10-16-25(23)26(27,21-11-5-3-6-12-21)22-13-7-4-8-14-22;;;/h3-17H,18H2,1-2H3;2*1H;/q-1;;;+1. The number of hydrogen-bond acceptors (Lipinski definition) is 1. The second-order valence-electron chi connectivity index (χ2n) is 7.39. The Balaban J connectivity index is 0.00000160. The summed E-state index contributed by atoms with van der Waals surface area (Å²) in [5, 5.41) is 0. The maximum Gasteiger partial charge on any atom is -0.147 e. The molecule has 0 spiro atoms. The molecule has 30 heavy (non-hydrogen) atoms. The van der Waals surface area contributed by atoms with Crippen molar-refractivity contribution in [3.63, 3.8) is 0 Å². The molecule has 0 atom stereocenters. The summed E-state index contributed by atoms with van der Waals surface area (Å²) in [5.41, 5.74) is 8.20. The molecule has 1 nitrogen and oxygen atoms in total. The average Bonchev–Trinajstić information content (AvgIpc) is 3.09. The van der Waals surface area contributed by atoms with Crippen molar-refractivity contribution in [2.75, 3.05) is 0 Å². The minimum atomic E-state index is -0.664. The molecule has 0 saturated carbocycles. The Bertz CT molecular complexity index is 1000. The van der Waals surface area contributed by atoms with Crippen molar-refractivity contribution in [2.24, 2.45) is 0 Å². The van der Waals surface area contributed by atoms with Crippen LogP contribution in [0.3, 0.4) is 0 Å². The summed E-state index contributed by atoms with van der Waals surface area (Å²) in [6.07, 6.45) is 3.29. The molecular weight excluding hydrogens is 447 g/mol. The molecule has 3 aromatic carbocycles. The van der Waals surface area contributed by atoms with Crippen LogP contribution in [0.5, 0.6) is 0 Å². The van der Waals surface area contributed by atoms with Gasteiger partial charge in [-0.25, -0.2) is 0 Å². The van der Waals surface area contributed by atoms with Gasteiger partial charge in [-0.15, -0.1) is 24.8 Å². The van der Waals surface area contributed by atoms with Gasteiger partial charge in [-0.2, -0.15) is 0 Å². The van der Waals surface area contributed by atoms with Crippen molar-refractivity contribution < 1.29 is 24.1 Å². The predicted molar refractivity (Wildman–Crippen MR) is 126 cm³/mol. The molecule has 0 heterocycles. The predicted octanol–water partition coefficient (Wildman–Crippen LogP) is 7.42. The minimum Gasteiger partial charge on any atom is -0.147 e. The summed E-state index contributed by atoms with van der Waals surface area (Å²) in [4.78, 5) is 0. The van der Waals surface area contributed by atoms with E-state index in [-0.39, 0.29) is 24.8 Å². The summed E-state index contributed by atoms with van der Waals surface area (Å²) < 4.78 is 6.42. The molecule has 1 aliphatic carbocycles. The van der Waals surface area contributed by atoms with Gasteiger partial charge >= 0.3 is 180 Å². The Morgan fingerprint density at radius 3 is 1.70 bits per heavy atom. The van der Waals surface area contributed by atoms with E-state index in [0.717, 1.165) is 17.5 Å². The van der Waals surface area contributed by atoms with Crippen molar-refractivity contribution in [1.82, 2.24) is 0 Å². The molecule has 1 aliphatic rings. The van der Waals surface area contributed by atoms with E-state index in [9.17, 15) is 0 Å². The van der Waals surface area contributed by atoms with E-state index >= 15 is 0 Å². The Labute approximate surface area is 204 Å². The molecule has 0 amide bonds. The van der Waals surface area contributed by atoms with Gasteiger partial charge in [0.15, 0.2) is 0 Å². The third-order valence-electron chi connectivity index (χ3n) is 5.54. The molecule has 3 aromatic rings. The molecule has 4 rings (SSSR count). The Morgan fingerprint density at radius 2 is 1.23 bits per heavy atom. The van der Waals surface area contributed by atoms with E-state index < -0.39 is 5.60 Å². The SMILES string of the molecule is CC1=CC(C)=C(c2ccccc2C([O][Ti])(c2ccccc2)c2ccccc2)C1.Cl.Cl. The minimum absolute atomic E-state index is 0. The maximum atomic E-state index is 6.42. The average molecular weight is 472 g/mol. The Kier molecular flexibility index (Phi) is 8.73. The zero-order valence-electron chi connectivity index (χ0n) is 17.1. The smallest absolute Gasteiger partial charge is 0.147 e. The van der Waals surface area contributed by atoms with E-state index in [0.29, 0.717) is 0 Å². The molecule has 4 heteroatoms. The van der Waals surface area contributed by atoms with Crippen LogP contribution in [0.2, 0.25) is 0 Å². The summed E-state index contributed by atoms with van der Waals surface area (Å²) in [6, 6.07) is 29.8. The van der Waals surface area contributed by atoms with Crippen LogP contribution in [-0.2, 0) is 29.7 Å². The van der Waals surface area contributed by atoms with Gasteiger partial charge in [0.25, 0.3) is 0 Å². The first-order valence-electron chi connectivity index (χ1n) is 9.59. The molecule has 0 N–H and O–H groups in total. The van der Waals surface area contributed by atoms with Gasteiger partial charge < -0.3 is 0 Å². The van der Waals surface area contributed by atoms with Gasteiger partial charge in [0.05, 0.1) is 0 Å². The van der Waals surface area contributed by atoms with Crippen LogP contribution in [0.1, 0.15) is 42.5 Å². The molecule has 0 saturated heterocycles. The zero-order valence-corrected chi connectivity index (χ0v) is 20.3. The Morgan fingerprint density at radius 1 is 0.733 bits per heavy atom. The largest absolute Gasteiger partial charge is 0.147 e. The van der Waals surface area contributed by atoms with Crippen molar-refractivity contribution in [2.45, 2.75) is 25.9 Å². The third-order valence-corrected chi connectivity index (χ3v) is 6.02. The quantitative estimate of drug-likeness (QED) is 0.277. The molecule has 0 unspecified atom stereocenters. The molecular formula is C26H25Cl2OTi. The van der Waals surface area contributed by atoms with Crippen molar-refractivity contribution >= 4 is 30.4 Å². The van der Waals surface area contributed by atoms with Gasteiger partial charge in [0.1, 0.15) is 0 Å². The second-order valence-corrected chi connectivity index (χ2v) is 7.71. The topological polar surface area (TPSA) is 9.23 Å². The summed E-state index contributed by atoms with van der Waals surface area (Å²) >= 11 is 1.82. The van der Waals surface area contributed by atoms with Gasteiger partial charge in [0.2, 0.25) is 0 Å². The summed E-state index contributed by atoms with van der Waals surface area (Å²) in [6.45, 7) is 4.42. The van der Waals surface area contributed by atoms with Crippen LogP contribution in [0, 0.1) is 0 Å². The monoisotopic (exact) mass is 471 g/mol. The molecule has 0 aromatic heterocycles. The van der Waals surface area contributed by atoms with Gasteiger partial charge in [-0.05, 0) is 0 Å². The van der Waals surface area contributed by atoms with E-state index in [1.807, 2.05) is 20.8 Å². The fraction of sp³-hybridized carbons (Fsp3) is 0.154. The van der Waals surface area contributed by atoms with E-state index in [4.69, 9.17) is 3.32 Å². The van der Waals surface area contributed by atoms with Crippen LogP contribution < -0.4 is 0 Å². The molecule has 0 bridgehead atoms. The number of rotatable bonds is 5. The number of halogens is 2. The summed E-state index contributed by atoms with van der Waals surface area (Å²) in [5.74, 6) is 0. The van der Waals surface area contributed by atoms with Crippen LogP contribution in [-0.4, -0.2) is 0 Å². The molecule has 0 aliphatic heterocycles. The molecule has 0 fully saturated rings. The van der Waals surface area contributed by atoms with E-state index in [1.165, 1.54) is 27.8 Å². The normalized spacial score (nSPS) is 13.3. The summed E-state index contributed by atoms with van der Waals surface area (Å²) in [7, 11) is 0. The van der Waals surface area contributed by atoms with Crippen LogP contribution in [0.4, 0.5) is 0 Å². The molecule has 153 valence electrons. The second kappa shape index (κ2) is 10.6. The first-order chi connectivity index (χ1) is 13.7. The number of allylic oxidation sites excluding steroid dienone is 4. The number of benzene rings is 3. The third kappa shape index (κ3) is 4.37. The van der Waals surface area contributed by atoms with Crippen molar-refractivity contribution in [3.05, 3.63) is 124 Å². The van der Waals surface area contributed by atoms with Crippen LogP contribution in [0.15, 0.2) is 102 Å². The van der Waals surface area contributed by atoms with Crippen LogP contribution >= 0.6 is 24.8 Å². The first-order valence-corrected chi connectivity index (χ1v) is 10.2. The van der Waals surface area contributed by atoms with Crippen molar-refractivity contribution in [3.8, 4) is 0 Å². The fourth-order valence-electron chi connectivity index (χ4n) is 4.28. The van der Waals surface area contributed by atoms with Gasteiger partial charge in [0, 0.05) is 0 Å². The van der Waals surface area contributed by atoms with E-state index in [1.54, 1.807) is 0 Å². The fourth-order valence-corrected chi connectivity index (χ4v) is 4.82. The van der Waals surface area contributed by atoms with Gasteiger partial charge in [-0.3, -0.25) is 0 Å². The Hall–Kier alpha value is -1.61. The van der Waals surface area contributed by atoms with E-state index in [2.05, 4.69) is 105 Å². The maximum absolute atomic E-state index is 6.42. The van der Waals surface area contributed by atoms with Gasteiger partial charge in [-0.1, -0.05) is 0 Å².